The van der Waals surface area contributed by atoms with Crippen molar-refractivity contribution in [1.82, 2.24) is 10.2 Å². The van der Waals surface area contributed by atoms with Gasteiger partial charge in [0.15, 0.2) is 0 Å². The number of rotatable bonds is 17. The highest BCUT2D eigenvalue weighted by Gasteiger charge is 2.03. The highest BCUT2D eigenvalue weighted by molar-refractivity contribution is 5.36. The third kappa shape index (κ3) is 12.9. The van der Waals surface area contributed by atoms with Gasteiger partial charge in [0.1, 0.15) is 5.75 Å². The molecule has 0 fully saturated rings. The molecule has 0 bridgehead atoms. The van der Waals surface area contributed by atoms with Crippen LogP contribution in [0.1, 0.15) is 88.7 Å². The number of hydrogen-bond acceptors (Lipinski definition) is 3. The Bertz CT molecular complexity index is 473. The van der Waals surface area contributed by atoms with E-state index in [-0.39, 0.29) is 0 Å². The second-order valence-electron chi connectivity index (χ2n) is 8.23. The van der Waals surface area contributed by atoms with Crippen LogP contribution in [0.25, 0.3) is 0 Å². The maximum absolute atomic E-state index is 10.1. The predicted octanol–water partition coefficient (Wildman–Crippen LogP) is 5.90. The summed E-state index contributed by atoms with van der Waals surface area (Å²) in [5.41, 5.74) is 2.39. The fraction of sp³-hybridized carbons (Fsp3) is 0.750. The number of hydrogen-bond donors (Lipinski definition) is 2. The van der Waals surface area contributed by atoms with Gasteiger partial charge in [-0.1, -0.05) is 76.8 Å². The highest BCUT2D eigenvalue weighted by Crippen LogP contribution is 2.20. The summed E-state index contributed by atoms with van der Waals surface area (Å²) in [6, 6.07) is 6.13. The first-order chi connectivity index (χ1) is 13.1. The Kier molecular flexibility index (Phi) is 14.2. The van der Waals surface area contributed by atoms with Gasteiger partial charge in [0, 0.05) is 12.1 Å². The van der Waals surface area contributed by atoms with Crippen molar-refractivity contribution in [2.75, 3.05) is 27.2 Å². The van der Waals surface area contributed by atoms with Crippen molar-refractivity contribution in [3.8, 4) is 5.75 Å². The Morgan fingerprint density at radius 3 is 2.11 bits per heavy atom. The van der Waals surface area contributed by atoms with Crippen molar-refractivity contribution < 1.29 is 5.11 Å². The highest BCUT2D eigenvalue weighted by atomic mass is 16.3. The number of nitrogens with one attached hydrogen (secondary N) is 1. The molecule has 0 unspecified atom stereocenters. The van der Waals surface area contributed by atoms with Gasteiger partial charge in [0.05, 0.1) is 0 Å². The van der Waals surface area contributed by atoms with E-state index in [1.165, 1.54) is 69.8 Å². The normalized spacial score (nSPS) is 11.4. The maximum atomic E-state index is 10.1. The number of phenols is 1. The van der Waals surface area contributed by atoms with Gasteiger partial charge in [-0.3, -0.25) is 0 Å². The molecule has 27 heavy (non-hydrogen) atoms. The predicted molar refractivity (Wildman–Crippen MR) is 119 cm³/mol. The van der Waals surface area contributed by atoms with E-state index in [2.05, 4.69) is 43.4 Å². The van der Waals surface area contributed by atoms with Gasteiger partial charge in [-0.05, 0) is 58.1 Å². The Hall–Kier alpha value is -1.06. The smallest absolute Gasteiger partial charge is 0.120 e. The maximum Gasteiger partial charge on any atom is 0.120 e. The molecule has 0 heterocycles. The molecule has 0 saturated heterocycles. The van der Waals surface area contributed by atoms with Crippen molar-refractivity contribution in [2.24, 2.45) is 0 Å². The largest absolute Gasteiger partial charge is 0.508 e. The van der Waals surface area contributed by atoms with Gasteiger partial charge in [0.2, 0.25) is 0 Å². The summed E-state index contributed by atoms with van der Waals surface area (Å²) in [6.45, 7) is 5.11. The number of phenolic OH excluding ortho intramolecular Hbond substituents is 1. The van der Waals surface area contributed by atoms with E-state index in [1.54, 1.807) is 0 Å². The molecule has 0 amide bonds. The lowest BCUT2D eigenvalue weighted by Gasteiger charge is -2.11. The first kappa shape index (κ1) is 24.0. The molecule has 1 rings (SSSR count). The van der Waals surface area contributed by atoms with Crippen molar-refractivity contribution in [1.29, 1.82) is 0 Å². The molecule has 0 aromatic heterocycles. The van der Waals surface area contributed by atoms with E-state index < -0.39 is 0 Å². The Labute approximate surface area is 168 Å². The molecular formula is C24H44N2O. The SMILES string of the molecule is CCCCCCCCCCCCc1ccc(O)c(CNCCCN(C)C)c1. The summed E-state index contributed by atoms with van der Waals surface area (Å²) in [4.78, 5) is 2.20. The van der Waals surface area contributed by atoms with Crippen LogP contribution in [-0.2, 0) is 13.0 Å². The van der Waals surface area contributed by atoms with Gasteiger partial charge in [-0.15, -0.1) is 0 Å². The second-order valence-corrected chi connectivity index (χ2v) is 8.23. The third-order valence-electron chi connectivity index (χ3n) is 5.24. The van der Waals surface area contributed by atoms with Crippen LogP contribution in [0.15, 0.2) is 18.2 Å². The Balaban J connectivity index is 2.13. The van der Waals surface area contributed by atoms with Crippen LogP contribution >= 0.6 is 0 Å². The lowest BCUT2D eigenvalue weighted by Crippen LogP contribution is -2.21. The lowest BCUT2D eigenvalue weighted by atomic mass is 10.0. The molecule has 156 valence electrons. The summed E-state index contributed by atoms with van der Waals surface area (Å²) < 4.78 is 0. The molecule has 0 saturated carbocycles. The summed E-state index contributed by atoms with van der Waals surface area (Å²) in [5, 5.41) is 13.5. The molecule has 3 nitrogen and oxygen atoms in total. The number of benzene rings is 1. The van der Waals surface area contributed by atoms with Gasteiger partial charge < -0.3 is 15.3 Å². The number of nitrogens with zero attached hydrogens (tertiary/aromatic N) is 1. The number of unbranched alkanes of at least 4 members (excludes halogenated alkanes) is 9. The average molecular weight is 377 g/mol. The van der Waals surface area contributed by atoms with Crippen LogP contribution < -0.4 is 5.32 Å². The van der Waals surface area contributed by atoms with Gasteiger partial charge in [0.25, 0.3) is 0 Å². The van der Waals surface area contributed by atoms with Gasteiger partial charge >= 0.3 is 0 Å². The van der Waals surface area contributed by atoms with Gasteiger partial charge in [-0.25, -0.2) is 0 Å². The first-order valence-corrected chi connectivity index (χ1v) is 11.3. The number of aromatic hydroxyl groups is 1. The zero-order valence-corrected chi connectivity index (χ0v) is 18.2. The van der Waals surface area contributed by atoms with E-state index in [4.69, 9.17) is 0 Å². The van der Waals surface area contributed by atoms with Crippen molar-refractivity contribution in [3.63, 3.8) is 0 Å². The second kappa shape index (κ2) is 15.9. The molecule has 0 spiro atoms. The molecule has 0 aliphatic heterocycles. The van der Waals surface area contributed by atoms with Crippen molar-refractivity contribution in [2.45, 2.75) is 90.5 Å². The summed E-state index contributed by atoms with van der Waals surface area (Å²) in [7, 11) is 4.20. The van der Waals surface area contributed by atoms with E-state index in [0.717, 1.165) is 38.0 Å². The molecular weight excluding hydrogens is 332 g/mol. The standard InChI is InChI=1S/C24H44N2O/c1-4-5-6-7-8-9-10-11-12-13-15-22-16-17-24(27)23(20-22)21-25-18-14-19-26(2)3/h16-17,20,25,27H,4-15,18-19,21H2,1-3H3. The minimum Gasteiger partial charge on any atom is -0.508 e. The third-order valence-corrected chi connectivity index (χ3v) is 5.24. The molecule has 0 aliphatic carbocycles. The minimum atomic E-state index is 0.418. The Morgan fingerprint density at radius 2 is 1.48 bits per heavy atom. The summed E-state index contributed by atoms with van der Waals surface area (Å²) in [6.07, 6.45) is 16.0. The minimum absolute atomic E-state index is 0.418. The molecule has 1 aromatic rings. The first-order valence-electron chi connectivity index (χ1n) is 11.3. The van der Waals surface area contributed by atoms with Crippen LogP contribution in [0.4, 0.5) is 0 Å². The molecule has 0 radical (unpaired) electrons. The van der Waals surface area contributed by atoms with E-state index in [9.17, 15) is 5.11 Å². The molecule has 0 aliphatic rings. The monoisotopic (exact) mass is 376 g/mol. The van der Waals surface area contributed by atoms with Crippen LogP contribution in [0.2, 0.25) is 0 Å². The summed E-state index contributed by atoms with van der Waals surface area (Å²) >= 11 is 0. The zero-order valence-electron chi connectivity index (χ0n) is 18.2. The van der Waals surface area contributed by atoms with E-state index >= 15 is 0 Å². The quantitative estimate of drug-likeness (QED) is 0.332. The number of aryl methyl sites for hydroxylation is 1. The zero-order chi connectivity index (χ0) is 19.7. The average Bonchev–Trinajstić information content (AvgIpc) is 2.65. The van der Waals surface area contributed by atoms with Crippen LogP contribution in [0.3, 0.4) is 0 Å². The fourth-order valence-corrected chi connectivity index (χ4v) is 3.50. The van der Waals surface area contributed by atoms with E-state index in [1.807, 2.05) is 6.07 Å². The van der Waals surface area contributed by atoms with Crippen LogP contribution in [0.5, 0.6) is 5.75 Å². The van der Waals surface area contributed by atoms with Crippen LogP contribution in [0, 0.1) is 0 Å². The molecule has 3 heteroatoms. The van der Waals surface area contributed by atoms with Crippen molar-refractivity contribution >= 4 is 0 Å². The summed E-state index contributed by atoms with van der Waals surface area (Å²) in [5.74, 6) is 0.418. The molecule has 0 atom stereocenters. The van der Waals surface area contributed by atoms with E-state index in [0.29, 0.717) is 5.75 Å². The Morgan fingerprint density at radius 1 is 0.852 bits per heavy atom. The fourth-order valence-electron chi connectivity index (χ4n) is 3.50. The van der Waals surface area contributed by atoms with Crippen molar-refractivity contribution in [3.05, 3.63) is 29.3 Å². The van der Waals surface area contributed by atoms with Crippen LogP contribution in [-0.4, -0.2) is 37.2 Å². The molecule has 1 aromatic carbocycles. The lowest BCUT2D eigenvalue weighted by molar-refractivity contribution is 0.393. The molecule has 2 N–H and O–H groups in total. The topological polar surface area (TPSA) is 35.5 Å². The van der Waals surface area contributed by atoms with Gasteiger partial charge in [-0.2, -0.15) is 0 Å².